The van der Waals surface area contributed by atoms with Crippen LogP contribution >= 0.6 is 22.7 Å². The predicted molar refractivity (Wildman–Crippen MR) is 166 cm³/mol. The molecule has 3 aromatic heterocycles. The number of carbonyl (C=O) groups is 2. The van der Waals surface area contributed by atoms with Gasteiger partial charge >= 0.3 is 12.1 Å². The highest BCUT2D eigenvalue weighted by molar-refractivity contribution is 7.31. The van der Waals surface area contributed by atoms with Crippen LogP contribution in [0.2, 0.25) is 0 Å². The van der Waals surface area contributed by atoms with E-state index >= 15 is 0 Å². The molecule has 0 unspecified atom stereocenters. The number of ether oxygens (including phenoxy) is 1. The molecule has 1 fully saturated rings. The summed E-state index contributed by atoms with van der Waals surface area (Å²) in [5.74, 6) is -0.287. The smallest absolute Gasteiger partial charge is 0.413 e. The van der Waals surface area contributed by atoms with Gasteiger partial charge in [0.05, 0.1) is 10.3 Å². The second kappa shape index (κ2) is 10.1. The highest BCUT2D eigenvalue weighted by Gasteiger charge is 2.52. The van der Waals surface area contributed by atoms with E-state index in [4.69, 9.17) is 4.74 Å². The van der Waals surface area contributed by atoms with Crippen LogP contribution in [0, 0.1) is 0 Å². The minimum absolute atomic E-state index is 0.412. The molecule has 42 heavy (non-hydrogen) atoms. The molecule has 6 aromatic rings. The van der Waals surface area contributed by atoms with Gasteiger partial charge in [0, 0.05) is 21.3 Å². The van der Waals surface area contributed by atoms with E-state index < -0.39 is 23.6 Å². The molecule has 10 heteroatoms. The number of nitrogens with zero attached hydrogens (tertiary/aromatic N) is 3. The molecule has 210 valence electrons. The first-order valence-corrected chi connectivity index (χ1v) is 15.2. The Bertz CT molecular complexity index is 1960. The molecular weight excluding hydrogens is 569 g/mol. The SMILES string of the molecule is C[C@@H](OC(=O)Nc1c(-c2cc3sc(-c4ccc(C5(C(=O)O)CC5)c5ccccc45)cc3s2)nnn1C)c1ccccc1. The molecule has 3 heterocycles. The molecule has 0 aliphatic heterocycles. The lowest BCUT2D eigenvalue weighted by Crippen LogP contribution is -2.19. The van der Waals surface area contributed by atoms with Gasteiger partial charge in [-0.25, -0.2) is 9.48 Å². The fourth-order valence-electron chi connectivity index (χ4n) is 5.48. The fourth-order valence-corrected chi connectivity index (χ4v) is 7.90. The van der Waals surface area contributed by atoms with Gasteiger partial charge in [0.2, 0.25) is 0 Å². The Labute approximate surface area is 249 Å². The normalized spacial score (nSPS) is 14.6. The highest BCUT2D eigenvalue weighted by atomic mass is 32.1. The molecule has 1 aliphatic carbocycles. The fraction of sp³-hybridized carbons (Fsp3) is 0.188. The number of carboxylic acid groups (broad SMARTS) is 1. The van der Waals surface area contributed by atoms with Crippen LogP contribution in [0.4, 0.5) is 10.6 Å². The number of thiophene rings is 2. The quantitative estimate of drug-likeness (QED) is 0.194. The number of rotatable bonds is 7. The molecule has 1 atom stereocenters. The van der Waals surface area contributed by atoms with E-state index in [1.54, 1.807) is 29.7 Å². The van der Waals surface area contributed by atoms with E-state index in [0.717, 1.165) is 46.6 Å². The topological polar surface area (TPSA) is 106 Å². The Balaban J connectivity index is 1.17. The van der Waals surface area contributed by atoms with Gasteiger partial charge in [-0.2, -0.15) is 0 Å². The molecule has 1 saturated carbocycles. The summed E-state index contributed by atoms with van der Waals surface area (Å²) < 4.78 is 9.32. The summed E-state index contributed by atoms with van der Waals surface area (Å²) in [7, 11) is 1.73. The van der Waals surface area contributed by atoms with Gasteiger partial charge in [-0.05, 0) is 59.4 Å². The predicted octanol–water partition coefficient (Wildman–Crippen LogP) is 8.00. The lowest BCUT2D eigenvalue weighted by Gasteiger charge is -2.15. The maximum atomic E-state index is 12.8. The van der Waals surface area contributed by atoms with E-state index in [-0.39, 0.29) is 0 Å². The zero-order valence-corrected chi connectivity index (χ0v) is 24.5. The third-order valence-electron chi connectivity index (χ3n) is 7.90. The van der Waals surface area contributed by atoms with Crippen molar-refractivity contribution in [3.8, 4) is 21.0 Å². The van der Waals surface area contributed by atoms with Gasteiger partial charge in [-0.3, -0.25) is 10.1 Å². The standard InChI is InChI=1S/C32H26N4O4S2/c1-18(19-8-4-3-5-9-19)40-31(39)33-29-28(34-35-36(29)2)27-17-26-25(42-27)16-24(41-26)22-12-13-23(32(14-15-32)30(37)38)21-11-7-6-10-20(21)22/h3-13,16-18H,14-15H2,1-2H3,(H,33,39)(H,37,38)/t18-/m1/s1. The average Bonchev–Trinajstić information content (AvgIpc) is 3.40. The number of amides is 1. The minimum atomic E-state index is -0.767. The molecule has 1 aliphatic rings. The maximum absolute atomic E-state index is 12.8. The molecule has 0 radical (unpaired) electrons. The first-order valence-electron chi connectivity index (χ1n) is 13.6. The zero-order valence-electron chi connectivity index (χ0n) is 22.8. The highest BCUT2D eigenvalue weighted by Crippen LogP contribution is 2.52. The van der Waals surface area contributed by atoms with Crippen molar-refractivity contribution in [2.45, 2.75) is 31.3 Å². The maximum Gasteiger partial charge on any atom is 0.413 e. The summed E-state index contributed by atoms with van der Waals surface area (Å²) in [5.41, 5.74) is 2.70. The van der Waals surface area contributed by atoms with E-state index in [9.17, 15) is 14.7 Å². The van der Waals surface area contributed by atoms with Crippen molar-refractivity contribution in [3.05, 3.63) is 90.0 Å². The zero-order chi connectivity index (χ0) is 29.0. The summed E-state index contributed by atoms with van der Waals surface area (Å²) in [5, 5.41) is 23.3. The van der Waals surface area contributed by atoms with Crippen molar-refractivity contribution in [2.24, 2.45) is 7.05 Å². The Morgan fingerprint density at radius 3 is 2.33 bits per heavy atom. The molecule has 0 spiro atoms. The Morgan fingerprint density at radius 1 is 0.952 bits per heavy atom. The number of hydrogen-bond donors (Lipinski definition) is 2. The number of anilines is 1. The number of hydrogen-bond acceptors (Lipinski definition) is 7. The van der Waals surface area contributed by atoms with Gasteiger partial charge in [0.15, 0.2) is 5.82 Å². The lowest BCUT2D eigenvalue weighted by atomic mass is 9.88. The van der Waals surface area contributed by atoms with Gasteiger partial charge in [0.25, 0.3) is 0 Å². The lowest BCUT2D eigenvalue weighted by molar-refractivity contribution is -0.140. The van der Waals surface area contributed by atoms with Crippen molar-refractivity contribution < 1.29 is 19.4 Å². The van der Waals surface area contributed by atoms with Crippen molar-refractivity contribution in [1.29, 1.82) is 0 Å². The van der Waals surface area contributed by atoms with Crippen LogP contribution in [0.3, 0.4) is 0 Å². The second-order valence-electron chi connectivity index (χ2n) is 10.5. The van der Waals surface area contributed by atoms with Crippen LogP contribution in [-0.4, -0.2) is 32.2 Å². The van der Waals surface area contributed by atoms with Gasteiger partial charge in [-0.15, -0.1) is 27.8 Å². The number of aryl methyl sites for hydroxylation is 1. The number of carbonyl (C=O) groups excluding carboxylic acids is 1. The molecule has 8 nitrogen and oxygen atoms in total. The number of aromatic nitrogens is 3. The van der Waals surface area contributed by atoms with Crippen LogP contribution in [0.5, 0.6) is 0 Å². The summed E-state index contributed by atoms with van der Waals surface area (Å²) in [4.78, 5) is 26.8. The third kappa shape index (κ3) is 4.43. The van der Waals surface area contributed by atoms with E-state index in [0.29, 0.717) is 24.4 Å². The summed E-state index contributed by atoms with van der Waals surface area (Å²) in [6, 6.07) is 25.9. The van der Waals surface area contributed by atoms with Crippen molar-refractivity contribution >= 4 is 60.7 Å². The molecular formula is C32H26N4O4S2. The number of benzene rings is 3. The Morgan fingerprint density at radius 2 is 1.62 bits per heavy atom. The average molecular weight is 595 g/mol. The number of nitrogens with one attached hydrogen (secondary N) is 1. The number of carboxylic acids is 1. The molecule has 3 aromatic carbocycles. The Kier molecular flexibility index (Phi) is 6.32. The molecule has 1 amide bonds. The summed E-state index contributed by atoms with van der Waals surface area (Å²) >= 11 is 3.26. The minimum Gasteiger partial charge on any atom is -0.481 e. The van der Waals surface area contributed by atoms with Crippen LogP contribution in [0.25, 0.3) is 41.2 Å². The molecule has 7 rings (SSSR count). The molecule has 0 bridgehead atoms. The summed E-state index contributed by atoms with van der Waals surface area (Å²) in [6.07, 6.45) is 0.355. The van der Waals surface area contributed by atoms with Crippen LogP contribution in [-0.2, 0) is 22.0 Å². The van der Waals surface area contributed by atoms with Crippen LogP contribution in [0.1, 0.15) is 37.0 Å². The van der Waals surface area contributed by atoms with Crippen molar-refractivity contribution in [3.63, 3.8) is 0 Å². The van der Waals surface area contributed by atoms with E-state index in [1.165, 1.54) is 4.68 Å². The summed E-state index contributed by atoms with van der Waals surface area (Å²) in [6.45, 7) is 1.83. The second-order valence-corrected chi connectivity index (χ2v) is 12.7. The first-order chi connectivity index (χ1) is 20.3. The van der Waals surface area contributed by atoms with E-state index in [1.807, 2.05) is 61.5 Å². The van der Waals surface area contributed by atoms with Gasteiger partial charge in [-0.1, -0.05) is 71.9 Å². The van der Waals surface area contributed by atoms with E-state index in [2.05, 4.69) is 39.9 Å². The monoisotopic (exact) mass is 594 g/mol. The van der Waals surface area contributed by atoms with Crippen molar-refractivity contribution in [2.75, 3.05) is 5.32 Å². The third-order valence-corrected chi connectivity index (χ3v) is 10.2. The number of aliphatic carboxylic acids is 1. The number of fused-ring (bicyclic) bond motifs is 2. The Hall–Kier alpha value is -4.54. The molecule has 0 saturated heterocycles. The van der Waals surface area contributed by atoms with Crippen molar-refractivity contribution in [1.82, 2.24) is 15.0 Å². The van der Waals surface area contributed by atoms with Gasteiger partial charge in [0.1, 0.15) is 11.8 Å². The largest absolute Gasteiger partial charge is 0.481 e. The van der Waals surface area contributed by atoms with Gasteiger partial charge < -0.3 is 9.84 Å². The molecule has 2 N–H and O–H groups in total. The van der Waals surface area contributed by atoms with Crippen LogP contribution in [0.15, 0.2) is 78.9 Å². The van der Waals surface area contributed by atoms with Crippen LogP contribution < -0.4 is 5.32 Å². The first kappa shape index (κ1) is 26.4.